The van der Waals surface area contributed by atoms with Crippen LogP contribution in [0.15, 0.2) is 207 Å². The number of hydrogen-bond acceptors (Lipinski definition) is 5. The van der Waals surface area contributed by atoms with Gasteiger partial charge in [0.2, 0.25) is 0 Å². The summed E-state index contributed by atoms with van der Waals surface area (Å²) in [6.07, 6.45) is 7.27. The second kappa shape index (κ2) is 15.5. The number of thiophene rings is 1. The molecular weight excluding hydrogens is 689 g/mol. The highest BCUT2D eigenvalue weighted by molar-refractivity contribution is 7.19. The highest BCUT2D eigenvalue weighted by Gasteiger charge is 2.16. The zero-order valence-electron chi connectivity index (χ0n) is 29.9. The van der Waals surface area contributed by atoms with Crippen LogP contribution >= 0.6 is 11.3 Å². The monoisotopic (exact) mass is 724 g/mol. The highest BCUT2D eigenvalue weighted by Crippen LogP contribution is 2.44. The largest absolute Gasteiger partial charge is 0.355 e. The minimum Gasteiger partial charge on any atom is -0.355 e. The van der Waals surface area contributed by atoms with E-state index in [1.165, 1.54) is 43.1 Å². The van der Waals surface area contributed by atoms with Crippen LogP contribution in [-0.4, -0.2) is 9.97 Å². The molecule has 0 saturated carbocycles. The van der Waals surface area contributed by atoms with E-state index in [0.717, 1.165) is 45.0 Å². The number of pyridine rings is 2. The van der Waals surface area contributed by atoms with E-state index in [-0.39, 0.29) is 0 Å². The zero-order chi connectivity index (χ0) is 36.8. The molecule has 0 unspecified atom stereocenters. The maximum absolute atomic E-state index is 4.24. The van der Waals surface area contributed by atoms with Crippen LogP contribution in [0, 0.1) is 0 Å². The van der Waals surface area contributed by atoms with Crippen molar-refractivity contribution in [3.8, 4) is 65.4 Å². The van der Waals surface area contributed by atoms with Gasteiger partial charge in [-0.15, -0.1) is 11.3 Å². The molecule has 4 nitrogen and oxygen atoms in total. The molecule has 3 aromatic heterocycles. The Hall–Kier alpha value is -7.08. The first-order chi connectivity index (χ1) is 27.2. The van der Waals surface area contributed by atoms with Crippen LogP contribution in [0.4, 0.5) is 22.7 Å². The van der Waals surface area contributed by atoms with Crippen molar-refractivity contribution in [2.24, 2.45) is 0 Å². The number of rotatable bonds is 10. The smallest absolute Gasteiger partial charge is 0.0478 e. The average molecular weight is 725 g/mol. The normalized spacial score (nSPS) is 10.9. The van der Waals surface area contributed by atoms with Gasteiger partial charge in [0.1, 0.15) is 0 Å². The second-order valence-electron chi connectivity index (χ2n) is 13.3. The van der Waals surface area contributed by atoms with Crippen molar-refractivity contribution in [1.82, 2.24) is 9.97 Å². The molecule has 0 aliphatic rings. The molecule has 0 atom stereocenters. The van der Waals surface area contributed by atoms with Gasteiger partial charge in [-0.3, -0.25) is 9.97 Å². The molecule has 55 heavy (non-hydrogen) atoms. The van der Waals surface area contributed by atoms with E-state index in [4.69, 9.17) is 0 Å². The summed E-state index contributed by atoms with van der Waals surface area (Å²) >= 11 is 1.79. The van der Waals surface area contributed by atoms with E-state index < -0.39 is 0 Å². The van der Waals surface area contributed by atoms with Gasteiger partial charge in [0.05, 0.1) is 0 Å². The third kappa shape index (κ3) is 7.56. The third-order valence-corrected chi connectivity index (χ3v) is 10.9. The predicted molar refractivity (Wildman–Crippen MR) is 232 cm³/mol. The summed E-state index contributed by atoms with van der Waals surface area (Å²) in [5.41, 5.74) is 15.7. The van der Waals surface area contributed by atoms with E-state index in [9.17, 15) is 0 Å². The number of nitrogens with zero attached hydrogens (tertiary/aromatic N) is 2. The number of benzene rings is 6. The second-order valence-corrected chi connectivity index (χ2v) is 14.4. The van der Waals surface area contributed by atoms with Gasteiger partial charge in [-0.25, -0.2) is 0 Å². The summed E-state index contributed by atoms with van der Waals surface area (Å²) in [5, 5.41) is 7.42. The summed E-state index contributed by atoms with van der Waals surface area (Å²) in [5.74, 6) is 0. The van der Waals surface area contributed by atoms with Gasteiger partial charge in [0, 0.05) is 68.4 Å². The Morgan fingerprint density at radius 2 is 0.673 bits per heavy atom. The van der Waals surface area contributed by atoms with E-state index in [1.807, 2.05) is 49.1 Å². The molecule has 0 bridgehead atoms. The van der Waals surface area contributed by atoms with Gasteiger partial charge < -0.3 is 10.6 Å². The van der Waals surface area contributed by atoms with Gasteiger partial charge >= 0.3 is 0 Å². The van der Waals surface area contributed by atoms with Crippen LogP contribution in [0.25, 0.3) is 65.4 Å². The third-order valence-electron chi connectivity index (χ3n) is 9.70. The van der Waals surface area contributed by atoms with Crippen molar-refractivity contribution in [1.29, 1.82) is 0 Å². The SMILES string of the molecule is c1ccc(-c2cccc(-c3ccc(-c4ccc(-c5ccc(-c6cccc(-c7ccccc7)c6)cc5Nc5ccncc5)s4)c(Nc4ccncc4)c3)c2)cc1. The molecular formula is C50H36N4S. The summed E-state index contributed by atoms with van der Waals surface area (Å²) in [6, 6.07) is 64.5. The average Bonchev–Trinajstić information content (AvgIpc) is 3.75. The fourth-order valence-electron chi connectivity index (χ4n) is 6.91. The van der Waals surface area contributed by atoms with Crippen LogP contribution in [-0.2, 0) is 0 Å². The first kappa shape index (κ1) is 33.7. The summed E-state index contributed by atoms with van der Waals surface area (Å²) < 4.78 is 0. The fraction of sp³-hybridized carbons (Fsp3) is 0. The lowest BCUT2D eigenvalue weighted by Gasteiger charge is -2.15. The molecule has 0 aliphatic carbocycles. The Kier molecular flexibility index (Phi) is 9.50. The summed E-state index contributed by atoms with van der Waals surface area (Å²) in [4.78, 5) is 10.8. The molecule has 3 heterocycles. The first-order valence-corrected chi connectivity index (χ1v) is 19.1. The molecule has 9 aromatic rings. The van der Waals surface area contributed by atoms with Gasteiger partial charge in [-0.1, -0.05) is 121 Å². The molecule has 0 fully saturated rings. The number of hydrogen-bond donors (Lipinski definition) is 2. The molecule has 0 amide bonds. The maximum Gasteiger partial charge on any atom is 0.0478 e. The standard InChI is InChI=1S/C50H36N4S/c1-3-9-35(10-4-1)37-13-7-15-39(31-37)41-17-19-45(47(33-41)53-43-23-27-51-28-24-43)49-21-22-50(55-49)46-20-18-42(34-48(46)54-44-25-29-52-30-26-44)40-16-8-14-38(32-40)36-11-5-2-6-12-36/h1-34H,(H,51,53)(H,52,54). The lowest BCUT2D eigenvalue weighted by Crippen LogP contribution is -1.94. The van der Waals surface area contributed by atoms with Crippen LogP contribution < -0.4 is 10.6 Å². The van der Waals surface area contributed by atoms with E-state index in [0.29, 0.717) is 0 Å². The summed E-state index contributed by atoms with van der Waals surface area (Å²) in [7, 11) is 0. The first-order valence-electron chi connectivity index (χ1n) is 18.3. The van der Waals surface area contributed by atoms with Gasteiger partial charge in [0.15, 0.2) is 0 Å². The van der Waals surface area contributed by atoms with Crippen molar-refractivity contribution in [3.05, 3.63) is 207 Å². The Labute approximate surface area is 325 Å². The van der Waals surface area contributed by atoms with E-state index in [2.05, 4.69) is 178 Å². The van der Waals surface area contributed by atoms with Gasteiger partial charge in [-0.05, 0) is 105 Å². The van der Waals surface area contributed by atoms with Gasteiger partial charge in [-0.2, -0.15) is 0 Å². The highest BCUT2D eigenvalue weighted by atomic mass is 32.1. The quantitative estimate of drug-likeness (QED) is 0.147. The Morgan fingerprint density at radius 3 is 1.09 bits per heavy atom. The summed E-state index contributed by atoms with van der Waals surface area (Å²) in [6.45, 7) is 0. The molecule has 262 valence electrons. The molecule has 9 rings (SSSR count). The van der Waals surface area contributed by atoms with Crippen molar-refractivity contribution in [3.63, 3.8) is 0 Å². The van der Waals surface area contributed by atoms with Crippen LogP contribution in [0.1, 0.15) is 0 Å². The molecule has 6 aromatic carbocycles. The minimum absolute atomic E-state index is 0.985. The van der Waals surface area contributed by atoms with Crippen molar-refractivity contribution in [2.75, 3.05) is 10.6 Å². The molecule has 0 aliphatic heterocycles. The van der Waals surface area contributed by atoms with Crippen molar-refractivity contribution >= 4 is 34.1 Å². The van der Waals surface area contributed by atoms with Crippen LogP contribution in [0.2, 0.25) is 0 Å². The van der Waals surface area contributed by atoms with E-state index in [1.54, 1.807) is 11.3 Å². The van der Waals surface area contributed by atoms with E-state index >= 15 is 0 Å². The topological polar surface area (TPSA) is 49.8 Å². The lowest BCUT2D eigenvalue weighted by atomic mass is 9.97. The molecule has 5 heteroatoms. The number of aromatic nitrogens is 2. The molecule has 0 spiro atoms. The van der Waals surface area contributed by atoms with Crippen LogP contribution in [0.5, 0.6) is 0 Å². The Bertz CT molecular complexity index is 2510. The molecule has 2 N–H and O–H groups in total. The maximum atomic E-state index is 4.24. The molecule has 0 saturated heterocycles. The Morgan fingerprint density at radius 1 is 0.309 bits per heavy atom. The minimum atomic E-state index is 0.985. The van der Waals surface area contributed by atoms with Crippen molar-refractivity contribution in [2.45, 2.75) is 0 Å². The Balaban J connectivity index is 1.10. The molecule has 0 radical (unpaired) electrons. The lowest BCUT2D eigenvalue weighted by molar-refractivity contribution is 1.32. The number of nitrogens with one attached hydrogen (secondary N) is 2. The fourth-order valence-corrected chi connectivity index (χ4v) is 8.00. The van der Waals surface area contributed by atoms with Crippen LogP contribution in [0.3, 0.4) is 0 Å². The number of anilines is 4. The van der Waals surface area contributed by atoms with Crippen molar-refractivity contribution < 1.29 is 0 Å². The predicted octanol–water partition coefficient (Wildman–Crippen LogP) is 14.0. The zero-order valence-corrected chi connectivity index (χ0v) is 30.7. The van der Waals surface area contributed by atoms with Gasteiger partial charge in [0.25, 0.3) is 0 Å².